The van der Waals surface area contributed by atoms with Crippen LogP contribution in [0.1, 0.15) is 58.3 Å². The molecule has 1 saturated heterocycles. The molecule has 112 valence electrons. The molecule has 1 aliphatic heterocycles. The quantitative estimate of drug-likeness (QED) is 0.719. The predicted molar refractivity (Wildman–Crippen MR) is 80.6 cm³/mol. The third-order valence-electron chi connectivity index (χ3n) is 4.55. The predicted octanol–water partition coefficient (Wildman–Crippen LogP) is 2.80. The topological polar surface area (TPSA) is 24.5 Å². The molecular formula is C16H32N2O. The van der Waals surface area contributed by atoms with Crippen molar-refractivity contribution >= 4 is 0 Å². The van der Waals surface area contributed by atoms with Gasteiger partial charge in [-0.3, -0.25) is 0 Å². The lowest BCUT2D eigenvalue weighted by atomic mass is 10.1. The molecule has 0 aromatic heterocycles. The van der Waals surface area contributed by atoms with E-state index in [4.69, 9.17) is 4.74 Å². The van der Waals surface area contributed by atoms with Crippen LogP contribution in [-0.4, -0.2) is 49.8 Å². The van der Waals surface area contributed by atoms with Crippen LogP contribution >= 0.6 is 0 Å². The number of nitrogens with zero attached hydrogens (tertiary/aromatic N) is 1. The maximum atomic E-state index is 5.91. The van der Waals surface area contributed by atoms with Crippen molar-refractivity contribution < 1.29 is 4.74 Å². The number of ether oxygens (including phenoxy) is 1. The molecule has 0 aromatic carbocycles. The summed E-state index contributed by atoms with van der Waals surface area (Å²) in [5.74, 6) is 0. The monoisotopic (exact) mass is 268 g/mol. The zero-order valence-electron chi connectivity index (χ0n) is 12.7. The Labute approximate surface area is 119 Å². The molecule has 1 saturated carbocycles. The van der Waals surface area contributed by atoms with Gasteiger partial charge in [0.25, 0.3) is 0 Å². The summed E-state index contributed by atoms with van der Waals surface area (Å²) < 4.78 is 5.91. The van der Waals surface area contributed by atoms with Crippen LogP contribution in [0.25, 0.3) is 0 Å². The average Bonchev–Trinajstić information content (AvgIpc) is 2.83. The van der Waals surface area contributed by atoms with E-state index in [2.05, 4.69) is 17.1 Å². The molecule has 0 bridgehead atoms. The first-order chi connectivity index (χ1) is 9.38. The average molecular weight is 268 g/mol. The van der Waals surface area contributed by atoms with Crippen molar-refractivity contribution in [2.75, 3.05) is 32.8 Å². The van der Waals surface area contributed by atoms with E-state index in [1.165, 1.54) is 71.0 Å². The van der Waals surface area contributed by atoms with Gasteiger partial charge in [-0.05, 0) is 58.2 Å². The zero-order valence-corrected chi connectivity index (χ0v) is 12.7. The first-order valence-corrected chi connectivity index (χ1v) is 8.46. The Morgan fingerprint density at radius 1 is 1.05 bits per heavy atom. The van der Waals surface area contributed by atoms with Gasteiger partial charge >= 0.3 is 0 Å². The molecule has 0 amide bonds. The molecule has 2 rings (SSSR count). The Kier molecular flexibility index (Phi) is 7.18. The minimum atomic E-state index is 0.566. The van der Waals surface area contributed by atoms with Crippen LogP contribution < -0.4 is 5.32 Å². The van der Waals surface area contributed by atoms with Crippen molar-refractivity contribution in [3.8, 4) is 0 Å². The summed E-state index contributed by atoms with van der Waals surface area (Å²) in [5.41, 5.74) is 0. The molecule has 0 aromatic rings. The van der Waals surface area contributed by atoms with Gasteiger partial charge in [-0.25, -0.2) is 0 Å². The molecule has 0 spiro atoms. The van der Waals surface area contributed by atoms with Crippen molar-refractivity contribution in [1.29, 1.82) is 0 Å². The van der Waals surface area contributed by atoms with Crippen molar-refractivity contribution in [2.24, 2.45) is 0 Å². The Morgan fingerprint density at radius 2 is 1.89 bits per heavy atom. The molecule has 3 nitrogen and oxygen atoms in total. The fraction of sp³-hybridized carbons (Fsp3) is 1.00. The molecule has 2 aliphatic rings. The highest BCUT2D eigenvalue weighted by Gasteiger charge is 2.17. The summed E-state index contributed by atoms with van der Waals surface area (Å²) in [4.78, 5) is 2.62. The van der Waals surface area contributed by atoms with Gasteiger partial charge in [0.15, 0.2) is 0 Å². The highest BCUT2D eigenvalue weighted by atomic mass is 16.5. The minimum absolute atomic E-state index is 0.566. The fourth-order valence-corrected chi connectivity index (χ4v) is 3.44. The van der Waals surface area contributed by atoms with E-state index in [0.717, 1.165) is 13.2 Å². The van der Waals surface area contributed by atoms with Crippen LogP contribution in [-0.2, 0) is 4.74 Å². The molecule has 1 atom stereocenters. The number of likely N-dealkylation sites (tertiary alicyclic amines) is 1. The first-order valence-electron chi connectivity index (χ1n) is 8.46. The third-order valence-corrected chi connectivity index (χ3v) is 4.55. The SMILES string of the molecule is CCCN1CCCC(NCCOC2CCCC2)CC1. The molecule has 1 unspecified atom stereocenters. The van der Waals surface area contributed by atoms with E-state index >= 15 is 0 Å². The van der Waals surface area contributed by atoms with E-state index in [1.807, 2.05) is 0 Å². The van der Waals surface area contributed by atoms with Gasteiger partial charge in [-0.15, -0.1) is 0 Å². The lowest BCUT2D eigenvalue weighted by molar-refractivity contribution is 0.0589. The largest absolute Gasteiger partial charge is 0.377 e. The Bertz CT molecular complexity index is 229. The van der Waals surface area contributed by atoms with Crippen LogP contribution in [0.15, 0.2) is 0 Å². The summed E-state index contributed by atoms with van der Waals surface area (Å²) >= 11 is 0. The standard InChI is InChI=1S/C16H32N2O/c1-2-11-18-12-5-6-15(9-13-18)17-10-14-19-16-7-3-4-8-16/h15-17H,2-14H2,1H3. The number of hydrogen-bond donors (Lipinski definition) is 1. The van der Waals surface area contributed by atoms with Crippen LogP contribution in [0.5, 0.6) is 0 Å². The highest BCUT2D eigenvalue weighted by Crippen LogP contribution is 2.20. The number of rotatable bonds is 7. The molecule has 2 fully saturated rings. The highest BCUT2D eigenvalue weighted by molar-refractivity contribution is 4.75. The summed E-state index contributed by atoms with van der Waals surface area (Å²) in [5, 5.41) is 3.70. The molecule has 19 heavy (non-hydrogen) atoms. The first kappa shape index (κ1) is 15.3. The normalized spacial score (nSPS) is 26.7. The molecule has 1 aliphatic carbocycles. The Morgan fingerprint density at radius 3 is 2.68 bits per heavy atom. The van der Waals surface area contributed by atoms with Crippen LogP contribution in [0.3, 0.4) is 0 Å². The molecule has 0 radical (unpaired) electrons. The van der Waals surface area contributed by atoms with Crippen LogP contribution in [0.4, 0.5) is 0 Å². The van der Waals surface area contributed by atoms with Gasteiger partial charge in [-0.2, -0.15) is 0 Å². The second kappa shape index (κ2) is 8.93. The van der Waals surface area contributed by atoms with Crippen molar-refractivity contribution in [3.05, 3.63) is 0 Å². The Hall–Kier alpha value is -0.120. The lowest BCUT2D eigenvalue weighted by Crippen LogP contribution is -2.34. The smallest absolute Gasteiger partial charge is 0.0594 e. The van der Waals surface area contributed by atoms with Gasteiger partial charge in [0.1, 0.15) is 0 Å². The minimum Gasteiger partial charge on any atom is -0.377 e. The summed E-state index contributed by atoms with van der Waals surface area (Å²) in [6.07, 6.45) is 11.2. The van der Waals surface area contributed by atoms with E-state index < -0.39 is 0 Å². The summed E-state index contributed by atoms with van der Waals surface area (Å²) in [6, 6.07) is 0.717. The number of nitrogens with one attached hydrogen (secondary N) is 1. The van der Waals surface area contributed by atoms with E-state index in [-0.39, 0.29) is 0 Å². The van der Waals surface area contributed by atoms with Crippen molar-refractivity contribution in [3.63, 3.8) is 0 Å². The third kappa shape index (κ3) is 5.80. The molecule has 1 heterocycles. The van der Waals surface area contributed by atoms with Crippen molar-refractivity contribution in [2.45, 2.75) is 70.4 Å². The van der Waals surface area contributed by atoms with Gasteiger partial charge < -0.3 is 15.0 Å². The maximum Gasteiger partial charge on any atom is 0.0594 e. The van der Waals surface area contributed by atoms with Gasteiger partial charge in [-0.1, -0.05) is 19.8 Å². The molecule has 3 heteroatoms. The summed E-state index contributed by atoms with van der Waals surface area (Å²) in [6.45, 7) is 8.06. The van der Waals surface area contributed by atoms with Gasteiger partial charge in [0.05, 0.1) is 12.7 Å². The lowest BCUT2D eigenvalue weighted by Gasteiger charge is -2.20. The maximum absolute atomic E-state index is 5.91. The second-order valence-corrected chi connectivity index (χ2v) is 6.20. The van der Waals surface area contributed by atoms with Gasteiger partial charge in [0, 0.05) is 12.6 Å². The van der Waals surface area contributed by atoms with Crippen molar-refractivity contribution in [1.82, 2.24) is 10.2 Å². The molecule has 1 N–H and O–H groups in total. The zero-order chi connectivity index (χ0) is 13.3. The van der Waals surface area contributed by atoms with E-state index in [1.54, 1.807) is 0 Å². The Balaban J connectivity index is 1.53. The molecular weight excluding hydrogens is 236 g/mol. The van der Waals surface area contributed by atoms with E-state index in [9.17, 15) is 0 Å². The number of hydrogen-bond acceptors (Lipinski definition) is 3. The van der Waals surface area contributed by atoms with Crippen LogP contribution in [0.2, 0.25) is 0 Å². The van der Waals surface area contributed by atoms with Crippen LogP contribution in [0, 0.1) is 0 Å². The van der Waals surface area contributed by atoms with E-state index in [0.29, 0.717) is 12.1 Å². The summed E-state index contributed by atoms with van der Waals surface area (Å²) in [7, 11) is 0. The fourth-order valence-electron chi connectivity index (χ4n) is 3.44. The second-order valence-electron chi connectivity index (χ2n) is 6.20. The van der Waals surface area contributed by atoms with Gasteiger partial charge in [0.2, 0.25) is 0 Å².